The van der Waals surface area contributed by atoms with Crippen LogP contribution in [0.25, 0.3) is 0 Å². The van der Waals surface area contributed by atoms with Gasteiger partial charge in [-0.15, -0.1) is 0 Å². The minimum atomic E-state index is -3.99. The van der Waals surface area contributed by atoms with Gasteiger partial charge in [0.25, 0.3) is 10.0 Å². The van der Waals surface area contributed by atoms with Gasteiger partial charge in [0, 0.05) is 17.6 Å². The molecule has 0 bridgehead atoms. The minimum absolute atomic E-state index is 0.0936. The van der Waals surface area contributed by atoms with Gasteiger partial charge in [-0.25, -0.2) is 8.42 Å². The van der Waals surface area contributed by atoms with Crippen molar-refractivity contribution in [1.29, 1.82) is 0 Å². The molecule has 0 atom stereocenters. The van der Waals surface area contributed by atoms with Crippen LogP contribution in [0, 0.1) is 0 Å². The second-order valence-corrected chi connectivity index (χ2v) is 6.95. The number of halogens is 1. The Kier molecular flexibility index (Phi) is 4.82. The average Bonchev–Trinajstić information content (AvgIpc) is 2.53. The van der Waals surface area contributed by atoms with E-state index in [9.17, 15) is 18.3 Å². The molecule has 0 aliphatic heterocycles. The number of carboxylic acid groups (broad SMARTS) is 1. The van der Waals surface area contributed by atoms with Crippen LogP contribution in [-0.4, -0.2) is 28.5 Å². The monoisotopic (exact) mass is 354 g/mol. The summed E-state index contributed by atoms with van der Waals surface area (Å²) in [6.07, 6.45) is 0. The van der Waals surface area contributed by atoms with Gasteiger partial charge in [0.05, 0.1) is 23.7 Å². The SMILES string of the molecule is COc1ccccc1N(C)S(=O)(=O)c1ccc(Cl)c(C(=O)[O-])c1. The first-order chi connectivity index (χ1) is 10.8. The van der Waals surface area contributed by atoms with Crippen molar-refractivity contribution in [3.8, 4) is 5.75 Å². The number of para-hydroxylation sites is 2. The normalized spacial score (nSPS) is 11.1. The van der Waals surface area contributed by atoms with Gasteiger partial charge in [0.15, 0.2) is 0 Å². The van der Waals surface area contributed by atoms with Crippen LogP contribution in [0.4, 0.5) is 5.69 Å². The quantitative estimate of drug-likeness (QED) is 0.812. The highest BCUT2D eigenvalue weighted by atomic mass is 35.5. The van der Waals surface area contributed by atoms with Gasteiger partial charge in [-0.05, 0) is 30.3 Å². The number of aromatic carboxylic acids is 1. The molecule has 2 aromatic rings. The first-order valence-corrected chi connectivity index (χ1v) is 8.23. The smallest absolute Gasteiger partial charge is 0.264 e. The molecule has 0 aliphatic carbocycles. The number of carboxylic acids is 1. The first kappa shape index (κ1) is 17.1. The first-order valence-electron chi connectivity index (χ1n) is 6.42. The van der Waals surface area contributed by atoms with Crippen LogP contribution >= 0.6 is 11.6 Å². The maximum absolute atomic E-state index is 12.7. The van der Waals surface area contributed by atoms with Crippen molar-refractivity contribution in [1.82, 2.24) is 0 Å². The van der Waals surface area contributed by atoms with Crippen molar-refractivity contribution in [2.75, 3.05) is 18.5 Å². The fourth-order valence-corrected chi connectivity index (χ4v) is 3.43. The third-order valence-electron chi connectivity index (χ3n) is 3.24. The molecule has 2 aromatic carbocycles. The minimum Gasteiger partial charge on any atom is -0.545 e. The van der Waals surface area contributed by atoms with Gasteiger partial charge in [0.2, 0.25) is 0 Å². The van der Waals surface area contributed by atoms with Crippen LogP contribution in [-0.2, 0) is 10.0 Å². The third-order valence-corrected chi connectivity index (χ3v) is 5.34. The lowest BCUT2D eigenvalue weighted by atomic mass is 10.2. The summed E-state index contributed by atoms with van der Waals surface area (Å²) in [6, 6.07) is 9.98. The Morgan fingerprint density at radius 3 is 2.48 bits per heavy atom. The molecule has 0 aliphatic rings. The summed E-state index contributed by atoms with van der Waals surface area (Å²) in [4.78, 5) is 10.8. The average molecular weight is 355 g/mol. The van der Waals surface area contributed by atoms with Crippen molar-refractivity contribution >= 4 is 33.3 Å². The molecule has 0 unspecified atom stereocenters. The predicted octanol–water partition coefficient (Wildman–Crippen LogP) is 1.54. The van der Waals surface area contributed by atoms with Crippen molar-refractivity contribution in [2.45, 2.75) is 4.90 Å². The Labute approximate surface area is 138 Å². The molecule has 8 heteroatoms. The van der Waals surface area contributed by atoms with E-state index in [2.05, 4.69) is 0 Å². The van der Waals surface area contributed by atoms with E-state index in [4.69, 9.17) is 16.3 Å². The molecule has 0 radical (unpaired) electrons. The molecule has 0 amide bonds. The fraction of sp³-hybridized carbons (Fsp3) is 0.133. The summed E-state index contributed by atoms with van der Waals surface area (Å²) in [7, 11) is -1.22. The maximum atomic E-state index is 12.7. The number of rotatable bonds is 5. The van der Waals surface area contributed by atoms with Gasteiger partial charge >= 0.3 is 0 Å². The molecule has 0 N–H and O–H groups in total. The van der Waals surface area contributed by atoms with Crippen molar-refractivity contribution in [2.24, 2.45) is 0 Å². The molecule has 0 saturated carbocycles. The molecular formula is C15H13ClNO5S-. The highest BCUT2D eigenvalue weighted by Gasteiger charge is 2.24. The molecule has 2 rings (SSSR count). The van der Waals surface area contributed by atoms with Gasteiger partial charge in [-0.2, -0.15) is 0 Å². The van der Waals surface area contributed by atoms with Gasteiger partial charge in [-0.3, -0.25) is 4.31 Å². The zero-order valence-corrected chi connectivity index (χ0v) is 13.9. The topological polar surface area (TPSA) is 86.7 Å². The summed E-state index contributed by atoms with van der Waals surface area (Å²) in [6.45, 7) is 0. The fourth-order valence-electron chi connectivity index (χ4n) is 2.00. The number of hydrogen-bond acceptors (Lipinski definition) is 5. The molecule has 0 heterocycles. The number of ether oxygens (including phenoxy) is 1. The number of sulfonamides is 1. The van der Waals surface area contributed by atoms with E-state index < -0.39 is 16.0 Å². The summed E-state index contributed by atoms with van der Waals surface area (Å²) < 4.78 is 31.6. The Bertz CT molecular complexity index is 851. The lowest BCUT2D eigenvalue weighted by Gasteiger charge is -2.22. The predicted molar refractivity (Wildman–Crippen MR) is 84.4 cm³/mol. The Morgan fingerprint density at radius 2 is 1.87 bits per heavy atom. The van der Waals surface area contributed by atoms with Crippen LogP contribution in [0.15, 0.2) is 47.4 Å². The van der Waals surface area contributed by atoms with Crippen LogP contribution in [0.1, 0.15) is 10.4 Å². The largest absolute Gasteiger partial charge is 0.545 e. The highest BCUT2D eigenvalue weighted by molar-refractivity contribution is 7.92. The van der Waals surface area contributed by atoms with E-state index in [1.165, 1.54) is 26.3 Å². The Hall–Kier alpha value is -2.25. The second kappa shape index (κ2) is 6.47. The van der Waals surface area contributed by atoms with Crippen LogP contribution in [0.3, 0.4) is 0 Å². The van der Waals surface area contributed by atoms with E-state index in [1.807, 2.05) is 0 Å². The standard InChI is InChI=1S/C15H14ClNO5S/c1-17(13-5-3-4-6-14(13)22-2)23(20,21)10-7-8-12(16)11(9-10)15(18)19/h3-9H,1-2H3,(H,18,19)/p-1. The van der Waals surface area contributed by atoms with E-state index in [0.717, 1.165) is 10.4 Å². The van der Waals surface area contributed by atoms with Crippen molar-refractivity contribution in [3.05, 3.63) is 53.1 Å². The van der Waals surface area contributed by atoms with Crippen molar-refractivity contribution < 1.29 is 23.1 Å². The van der Waals surface area contributed by atoms with E-state index in [0.29, 0.717) is 11.4 Å². The summed E-state index contributed by atoms with van der Waals surface area (Å²) in [5.74, 6) is -1.18. The molecule has 0 saturated heterocycles. The van der Waals surface area contributed by atoms with Crippen LogP contribution < -0.4 is 14.1 Å². The van der Waals surface area contributed by atoms with E-state index in [1.54, 1.807) is 24.3 Å². The maximum Gasteiger partial charge on any atom is 0.264 e. The molecule has 23 heavy (non-hydrogen) atoms. The number of methoxy groups -OCH3 is 1. The molecule has 0 aromatic heterocycles. The molecule has 0 spiro atoms. The summed E-state index contributed by atoms with van der Waals surface area (Å²) in [5.41, 5.74) is -0.0684. The van der Waals surface area contributed by atoms with Crippen LogP contribution in [0.5, 0.6) is 5.75 Å². The lowest BCUT2D eigenvalue weighted by Crippen LogP contribution is -2.28. The molecular weight excluding hydrogens is 342 g/mol. The number of hydrogen-bond donors (Lipinski definition) is 0. The van der Waals surface area contributed by atoms with E-state index >= 15 is 0 Å². The second-order valence-electron chi connectivity index (χ2n) is 4.57. The third kappa shape index (κ3) is 3.25. The summed E-state index contributed by atoms with van der Waals surface area (Å²) >= 11 is 5.74. The summed E-state index contributed by atoms with van der Waals surface area (Å²) in [5, 5.41) is 10.9. The van der Waals surface area contributed by atoms with Crippen molar-refractivity contribution in [3.63, 3.8) is 0 Å². The zero-order valence-electron chi connectivity index (χ0n) is 12.3. The number of carbonyl (C=O) groups is 1. The number of anilines is 1. The number of nitrogens with zero attached hydrogens (tertiary/aromatic N) is 1. The van der Waals surface area contributed by atoms with E-state index in [-0.39, 0.29) is 15.5 Å². The Morgan fingerprint density at radius 1 is 1.22 bits per heavy atom. The molecule has 0 fully saturated rings. The number of benzene rings is 2. The highest BCUT2D eigenvalue weighted by Crippen LogP contribution is 2.31. The van der Waals surface area contributed by atoms with Crippen LogP contribution in [0.2, 0.25) is 5.02 Å². The van der Waals surface area contributed by atoms with Gasteiger partial charge in [-0.1, -0.05) is 23.7 Å². The lowest BCUT2D eigenvalue weighted by molar-refractivity contribution is -0.255. The molecule has 122 valence electrons. The zero-order chi connectivity index (χ0) is 17.2. The van der Waals surface area contributed by atoms with Gasteiger partial charge < -0.3 is 14.6 Å². The number of carbonyl (C=O) groups excluding carboxylic acids is 1. The van der Waals surface area contributed by atoms with Gasteiger partial charge in [0.1, 0.15) is 5.75 Å². The molecule has 6 nitrogen and oxygen atoms in total. The Balaban J connectivity index is 2.54.